The van der Waals surface area contributed by atoms with Crippen molar-refractivity contribution in [1.82, 2.24) is 14.9 Å². The first-order valence-electron chi connectivity index (χ1n) is 10.2. The van der Waals surface area contributed by atoms with Crippen molar-refractivity contribution in [3.8, 4) is 5.75 Å². The van der Waals surface area contributed by atoms with E-state index in [2.05, 4.69) is 36.9 Å². The number of para-hydroxylation sites is 2. The summed E-state index contributed by atoms with van der Waals surface area (Å²) in [6.07, 6.45) is 2.20. The fourth-order valence-corrected chi connectivity index (χ4v) is 3.70. The number of ether oxygens (including phenoxy) is 1. The molecule has 0 saturated heterocycles. The van der Waals surface area contributed by atoms with Gasteiger partial charge in [0.05, 0.1) is 28.7 Å². The molecule has 0 fully saturated rings. The molecular formula is C24H27N3O. The minimum Gasteiger partial charge on any atom is -0.493 e. The van der Waals surface area contributed by atoms with Crippen LogP contribution in [0.15, 0.2) is 54.6 Å². The van der Waals surface area contributed by atoms with E-state index in [-0.39, 0.29) is 0 Å². The van der Waals surface area contributed by atoms with Crippen LogP contribution in [0.4, 0.5) is 0 Å². The summed E-state index contributed by atoms with van der Waals surface area (Å²) in [5, 5.41) is 2.19. The standard InChI is InChI=1S/C24H27N3O/c1-3-27(4-2)15-9-10-16-28-23-17-22-24(19-12-6-5-11-18(19)23)26-21-14-8-7-13-20(21)25-22/h5-8,11-14,17H,3-4,9-10,15-16H2,1-2H3. The maximum Gasteiger partial charge on any atom is 0.129 e. The topological polar surface area (TPSA) is 38.2 Å². The summed E-state index contributed by atoms with van der Waals surface area (Å²) in [5.74, 6) is 0.899. The molecule has 144 valence electrons. The predicted octanol–water partition coefficient (Wildman–Crippen LogP) is 5.44. The minimum absolute atomic E-state index is 0.720. The van der Waals surface area contributed by atoms with E-state index < -0.39 is 0 Å². The fraction of sp³-hybridized carbons (Fsp3) is 0.333. The molecule has 4 rings (SSSR count). The van der Waals surface area contributed by atoms with Crippen molar-refractivity contribution in [2.24, 2.45) is 0 Å². The summed E-state index contributed by atoms with van der Waals surface area (Å²) in [7, 11) is 0. The Morgan fingerprint density at radius 2 is 1.46 bits per heavy atom. The van der Waals surface area contributed by atoms with Crippen LogP contribution in [0.3, 0.4) is 0 Å². The van der Waals surface area contributed by atoms with Crippen LogP contribution in [0.5, 0.6) is 5.75 Å². The Morgan fingerprint density at radius 3 is 2.21 bits per heavy atom. The van der Waals surface area contributed by atoms with Crippen molar-refractivity contribution in [2.75, 3.05) is 26.2 Å². The molecule has 0 spiro atoms. The van der Waals surface area contributed by atoms with E-state index in [0.717, 1.165) is 77.7 Å². The Labute approximate surface area is 166 Å². The Kier molecular flexibility index (Phi) is 5.68. The number of nitrogens with zero attached hydrogens (tertiary/aromatic N) is 3. The summed E-state index contributed by atoms with van der Waals surface area (Å²) in [6, 6.07) is 18.4. The number of fused-ring (bicyclic) bond motifs is 4. The molecule has 0 aliphatic rings. The van der Waals surface area contributed by atoms with Gasteiger partial charge in [0.1, 0.15) is 5.75 Å². The van der Waals surface area contributed by atoms with E-state index in [1.54, 1.807) is 0 Å². The number of rotatable bonds is 8. The number of unbranched alkanes of at least 4 members (excludes halogenated alkanes) is 1. The van der Waals surface area contributed by atoms with Gasteiger partial charge in [-0.05, 0) is 44.6 Å². The molecule has 0 aliphatic carbocycles. The van der Waals surface area contributed by atoms with Gasteiger partial charge >= 0.3 is 0 Å². The molecule has 0 aliphatic heterocycles. The lowest BCUT2D eigenvalue weighted by Gasteiger charge is -2.17. The van der Waals surface area contributed by atoms with Crippen LogP contribution in [0.25, 0.3) is 32.8 Å². The highest BCUT2D eigenvalue weighted by Crippen LogP contribution is 2.32. The first-order chi connectivity index (χ1) is 13.8. The van der Waals surface area contributed by atoms with Gasteiger partial charge in [-0.1, -0.05) is 50.2 Å². The van der Waals surface area contributed by atoms with Gasteiger partial charge in [0.15, 0.2) is 0 Å². The van der Waals surface area contributed by atoms with Crippen molar-refractivity contribution in [1.29, 1.82) is 0 Å². The Balaban J connectivity index is 1.61. The van der Waals surface area contributed by atoms with Crippen LogP contribution in [-0.4, -0.2) is 41.1 Å². The molecule has 28 heavy (non-hydrogen) atoms. The molecule has 1 heterocycles. The van der Waals surface area contributed by atoms with Crippen molar-refractivity contribution >= 4 is 32.8 Å². The van der Waals surface area contributed by atoms with Crippen LogP contribution >= 0.6 is 0 Å². The third-order valence-corrected chi connectivity index (χ3v) is 5.33. The van der Waals surface area contributed by atoms with Crippen LogP contribution in [0.2, 0.25) is 0 Å². The zero-order valence-electron chi connectivity index (χ0n) is 16.7. The van der Waals surface area contributed by atoms with Gasteiger partial charge in [0, 0.05) is 16.8 Å². The second-order valence-electron chi connectivity index (χ2n) is 7.08. The van der Waals surface area contributed by atoms with Gasteiger partial charge in [-0.15, -0.1) is 0 Å². The largest absolute Gasteiger partial charge is 0.493 e. The lowest BCUT2D eigenvalue weighted by molar-refractivity contribution is 0.267. The molecule has 1 aromatic heterocycles. The lowest BCUT2D eigenvalue weighted by atomic mass is 10.1. The van der Waals surface area contributed by atoms with E-state index in [9.17, 15) is 0 Å². The van der Waals surface area contributed by atoms with Crippen LogP contribution in [0.1, 0.15) is 26.7 Å². The molecule has 3 aromatic carbocycles. The van der Waals surface area contributed by atoms with Crippen molar-refractivity contribution in [2.45, 2.75) is 26.7 Å². The maximum absolute atomic E-state index is 6.20. The SMILES string of the molecule is CCN(CC)CCCCOc1cc2nc3ccccc3nc2c2ccccc12. The molecule has 4 nitrogen and oxygen atoms in total. The smallest absolute Gasteiger partial charge is 0.129 e. The van der Waals surface area contributed by atoms with Crippen molar-refractivity contribution in [3.05, 3.63) is 54.6 Å². The van der Waals surface area contributed by atoms with Gasteiger partial charge in [-0.2, -0.15) is 0 Å². The Hall–Kier alpha value is -2.72. The summed E-state index contributed by atoms with van der Waals surface area (Å²) in [6.45, 7) is 8.50. The summed E-state index contributed by atoms with van der Waals surface area (Å²) < 4.78 is 6.20. The Morgan fingerprint density at radius 1 is 0.786 bits per heavy atom. The molecule has 0 radical (unpaired) electrons. The van der Waals surface area contributed by atoms with Gasteiger partial charge < -0.3 is 9.64 Å². The lowest BCUT2D eigenvalue weighted by Crippen LogP contribution is -2.24. The maximum atomic E-state index is 6.20. The summed E-state index contributed by atoms with van der Waals surface area (Å²) in [4.78, 5) is 12.2. The number of hydrogen-bond acceptors (Lipinski definition) is 4. The Bertz CT molecular complexity index is 1090. The number of aromatic nitrogens is 2. The molecule has 0 N–H and O–H groups in total. The number of hydrogen-bond donors (Lipinski definition) is 0. The van der Waals surface area contributed by atoms with Crippen molar-refractivity contribution < 1.29 is 4.74 Å². The molecule has 0 amide bonds. The number of benzene rings is 3. The zero-order chi connectivity index (χ0) is 19.3. The zero-order valence-corrected chi connectivity index (χ0v) is 16.7. The van der Waals surface area contributed by atoms with Crippen LogP contribution in [-0.2, 0) is 0 Å². The van der Waals surface area contributed by atoms with Crippen molar-refractivity contribution in [3.63, 3.8) is 0 Å². The highest BCUT2D eigenvalue weighted by molar-refractivity contribution is 6.08. The van der Waals surface area contributed by atoms with E-state index in [1.165, 1.54) is 0 Å². The third-order valence-electron chi connectivity index (χ3n) is 5.33. The van der Waals surface area contributed by atoms with Gasteiger partial charge in [-0.25, -0.2) is 9.97 Å². The second-order valence-corrected chi connectivity index (χ2v) is 7.08. The predicted molar refractivity (Wildman–Crippen MR) is 117 cm³/mol. The average Bonchev–Trinajstić information content (AvgIpc) is 2.75. The van der Waals surface area contributed by atoms with E-state index in [4.69, 9.17) is 14.7 Å². The molecule has 4 heteroatoms. The highest BCUT2D eigenvalue weighted by Gasteiger charge is 2.11. The van der Waals surface area contributed by atoms with Crippen LogP contribution < -0.4 is 4.74 Å². The molecule has 0 saturated carbocycles. The average molecular weight is 374 g/mol. The minimum atomic E-state index is 0.720. The second kappa shape index (κ2) is 8.53. The van der Waals surface area contributed by atoms with E-state index in [0.29, 0.717) is 0 Å². The fourth-order valence-electron chi connectivity index (χ4n) is 3.70. The van der Waals surface area contributed by atoms with Crippen LogP contribution in [0, 0.1) is 0 Å². The third kappa shape index (κ3) is 3.78. The van der Waals surface area contributed by atoms with E-state index >= 15 is 0 Å². The quantitative estimate of drug-likeness (QED) is 0.234. The molecule has 0 atom stereocenters. The monoisotopic (exact) mass is 373 g/mol. The molecular weight excluding hydrogens is 346 g/mol. The molecule has 0 unspecified atom stereocenters. The van der Waals surface area contributed by atoms with E-state index in [1.807, 2.05) is 36.4 Å². The first-order valence-corrected chi connectivity index (χ1v) is 10.2. The highest BCUT2D eigenvalue weighted by atomic mass is 16.5. The molecule has 0 bridgehead atoms. The normalized spacial score (nSPS) is 11.7. The van der Waals surface area contributed by atoms with Gasteiger partial charge in [-0.3, -0.25) is 0 Å². The van der Waals surface area contributed by atoms with Gasteiger partial charge in [0.2, 0.25) is 0 Å². The summed E-state index contributed by atoms with van der Waals surface area (Å²) in [5.41, 5.74) is 3.65. The summed E-state index contributed by atoms with van der Waals surface area (Å²) >= 11 is 0. The molecule has 4 aromatic rings. The first kappa shape index (κ1) is 18.6. The van der Waals surface area contributed by atoms with Gasteiger partial charge in [0.25, 0.3) is 0 Å².